The molecule has 0 fully saturated rings. The minimum atomic E-state index is -4.32. The molecule has 0 heterocycles. The molecule has 0 aliphatic rings. The van der Waals surface area contributed by atoms with Crippen LogP contribution in [0.15, 0.2) is 34.8 Å². The van der Waals surface area contributed by atoms with E-state index in [1.807, 2.05) is 0 Å². The molecule has 0 saturated heterocycles. The predicted molar refractivity (Wildman–Crippen MR) is 107 cm³/mol. The van der Waals surface area contributed by atoms with Gasteiger partial charge in [0.2, 0.25) is 0 Å². The lowest BCUT2D eigenvalue weighted by molar-refractivity contribution is -0.137. The van der Waals surface area contributed by atoms with E-state index in [0.29, 0.717) is 5.92 Å². The van der Waals surface area contributed by atoms with Gasteiger partial charge in [-0.05, 0) is 57.7 Å². The van der Waals surface area contributed by atoms with Crippen LogP contribution in [0.3, 0.4) is 0 Å². The molecule has 0 aliphatic heterocycles. The molecule has 0 N–H and O–H groups in total. The fraction of sp³-hybridized carbons (Fsp3) is 0.455. The van der Waals surface area contributed by atoms with Crippen LogP contribution in [-0.2, 0) is 6.18 Å². The second-order valence-corrected chi connectivity index (χ2v) is 8.49. The van der Waals surface area contributed by atoms with E-state index < -0.39 is 11.7 Å². The summed E-state index contributed by atoms with van der Waals surface area (Å²) in [6.07, 6.45) is -4.32. The lowest BCUT2D eigenvalue weighted by Gasteiger charge is -2.25. The Morgan fingerprint density at radius 3 is 1.65 bits per heavy atom. The molecule has 2 rings (SSSR count). The smallest absolute Gasteiger partial charge is 0.166 e. The van der Waals surface area contributed by atoms with E-state index in [0.717, 1.165) is 15.6 Å². The first-order chi connectivity index (χ1) is 11.9. The van der Waals surface area contributed by atoms with E-state index in [-0.39, 0.29) is 11.8 Å². The van der Waals surface area contributed by atoms with Gasteiger partial charge in [-0.25, -0.2) is 0 Å². The Labute approximate surface area is 163 Å². The highest BCUT2D eigenvalue weighted by atomic mass is 79.9. The lowest BCUT2D eigenvalue weighted by Crippen LogP contribution is -2.07. The lowest BCUT2D eigenvalue weighted by atomic mass is 9.81. The summed E-state index contributed by atoms with van der Waals surface area (Å²) < 4.78 is 39.9. The molecule has 2 aromatic carbocycles. The highest BCUT2D eigenvalue weighted by Gasteiger charge is 2.30. The first-order valence-electron chi connectivity index (χ1n) is 8.98. The third-order valence-corrected chi connectivity index (χ3v) is 5.57. The maximum atomic E-state index is 12.9. The van der Waals surface area contributed by atoms with E-state index in [1.54, 1.807) is 12.1 Å². The van der Waals surface area contributed by atoms with Crippen molar-refractivity contribution in [2.75, 3.05) is 0 Å². The number of hydrogen-bond acceptors (Lipinski definition) is 0. The van der Waals surface area contributed by atoms with Gasteiger partial charge in [-0.15, -0.1) is 0 Å². The fourth-order valence-electron chi connectivity index (χ4n) is 3.29. The molecule has 0 saturated carbocycles. The Balaban J connectivity index is 2.79. The molecule has 0 radical (unpaired) electrons. The zero-order valence-corrected chi connectivity index (χ0v) is 17.7. The Morgan fingerprint density at radius 1 is 0.769 bits per heavy atom. The minimum Gasteiger partial charge on any atom is -0.166 e. The van der Waals surface area contributed by atoms with Gasteiger partial charge in [0, 0.05) is 4.47 Å². The number of alkyl halides is 3. The van der Waals surface area contributed by atoms with E-state index in [9.17, 15) is 13.2 Å². The number of hydrogen-bond donors (Lipinski definition) is 0. The summed E-state index contributed by atoms with van der Waals surface area (Å²) in [4.78, 5) is 0. The molecule has 0 unspecified atom stereocenters. The molecule has 0 bridgehead atoms. The van der Waals surface area contributed by atoms with E-state index >= 15 is 0 Å². The Kier molecular flexibility index (Phi) is 6.27. The van der Waals surface area contributed by atoms with Gasteiger partial charge in [0.05, 0.1) is 5.56 Å². The van der Waals surface area contributed by atoms with Gasteiger partial charge in [-0.2, -0.15) is 13.2 Å². The molecular formula is C22H26BrF3. The molecule has 0 aliphatic carbocycles. The van der Waals surface area contributed by atoms with Crippen LogP contribution in [0.2, 0.25) is 0 Å². The SMILES string of the molecule is CC(C)c1cc(C(C)C)c(-c2ccc(C(F)(F)F)cc2)c(C(C)C)c1Br. The number of halogens is 4. The molecule has 0 aromatic heterocycles. The molecule has 0 nitrogen and oxygen atoms in total. The molecule has 4 heteroatoms. The van der Waals surface area contributed by atoms with Gasteiger partial charge >= 0.3 is 6.18 Å². The summed E-state index contributed by atoms with van der Waals surface area (Å²) in [5.41, 5.74) is 4.87. The zero-order chi connectivity index (χ0) is 19.8. The van der Waals surface area contributed by atoms with Crippen LogP contribution in [0, 0.1) is 0 Å². The average Bonchev–Trinajstić information content (AvgIpc) is 2.52. The van der Waals surface area contributed by atoms with Gasteiger partial charge in [0.15, 0.2) is 0 Å². The standard InChI is InChI=1S/C22H26BrF3/c1-12(2)17-11-18(13(3)4)21(23)19(14(5)6)20(17)15-7-9-16(10-8-15)22(24,25)26/h7-14H,1-6H3. The Morgan fingerprint density at radius 2 is 1.27 bits per heavy atom. The van der Waals surface area contributed by atoms with E-state index in [4.69, 9.17) is 0 Å². The molecule has 0 spiro atoms. The second-order valence-electron chi connectivity index (χ2n) is 7.70. The van der Waals surface area contributed by atoms with Gasteiger partial charge < -0.3 is 0 Å². The van der Waals surface area contributed by atoms with Crippen LogP contribution in [0.5, 0.6) is 0 Å². The Hall–Kier alpha value is -1.29. The Bertz CT molecular complexity index is 769. The summed E-state index contributed by atoms with van der Waals surface area (Å²) in [5, 5.41) is 0. The minimum absolute atomic E-state index is 0.248. The molecule has 0 atom stereocenters. The van der Waals surface area contributed by atoms with Crippen LogP contribution in [0.4, 0.5) is 13.2 Å². The van der Waals surface area contributed by atoms with Gasteiger partial charge in [0.1, 0.15) is 0 Å². The maximum Gasteiger partial charge on any atom is 0.416 e. The molecular weight excluding hydrogens is 401 g/mol. The van der Waals surface area contributed by atoms with Crippen molar-refractivity contribution in [1.29, 1.82) is 0 Å². The van der Waals surface area contributed by atoms with Crippen LogP contribution in [0.1, 0.15) is 81.5 Å². The van der Waals surface area contributed by atoms with Crippen LogP contribution in [-0.4, -0.2) is 0 Å². The highest BCUT2D eigenvalue weighted by Crippen LogP contribution is 2.44. The van der Waals surface area contributed by atoms with Gasteiger partial charge in [-0.1, -0.05) is 75.7 Å². The van der Waals surface area contributed by atoms with Crippen LogP contribution < -0.4 is 0 Å². The first-order valence-corrected chi connectivity index (χ1v) is 9.78. The third kappa shape index (κ3) is 4.16. The normalized spacial score (nSPS) is 12.5. The average molecular weight is 427 g/mol. The summed E-state index contributed by atoms with van der Waals surface area (Å²) in [6, 6.07) is 7.74. The third-order valence-electron chi connectivity index (χ3n) is 4.68. The van der Waals surface area contributed by atoms with Crippen molar-refractivity contribution in [1.82, 2.24) is 0 Å². The summed E-state index contributed by atoms with van der Waals surface area (Å²) in [7, 11) is 0. The van der Waals surface area contributed by atoms with Crippen molar-refractivity contribution in [2.45, 2.75) is 65.5 Å². The summed E-state index contributed by atoms with van der Waals surface area (Å²) >= 11 is 3.78. The highest BCUT2D eigenvalue weighted by molar-refractivity contribution is 9.10. The predicted octanol–water partition coefficient (Wildman–Crippen LogP) is 8.51. The van der Waals surface area contributed by atoms with Gasteiger partial charge in [0.25, 0.3) is 0 Å². The van der Waals surface area contributed by atoms with Crippen molar-refractivity contribution >= 4 is 15.9 Å². The topological polar surface area (TPSA) is 0 Å². The van der Waals surface area contributed by atoms with E-state index in [1.165, 1.54) is 28.8 Å². The summed E-state index contributed by atoms with van der Waals surface area (Å²) in [5.74, 6) is 0.884. The molecule has 0 amide bonds. The van der Waals surface area contributed by atoms with Crippen molar-refractivity contribution in [3.63, 3.8) is 0 Å². The van der Waals surface area contributed by atoms with Crippen molar-refractivity contribution in [3.05, 3.63) is 57.1 Å². The van der Waals surface area contributed by atoms with Crippen molar-refractivity contribution in [3.8, 4) is 11.1 Å². The fourth-order valence-corrected chi connectivity index (χ4v) is 4.52. The maximum absolute atomic E-state index is 12.9. The van der Waals surface area contributed by atoms with Crippen molar-refractivity contribution in [2.24, 2.45) is 0 Å². The van der Waals surface area contributed by atoms with Crippen molar-refractivity contribution < 1.29 is 13.2 Å². The number of rotatable bonds is 4. The quantitative estimate of drug-likeness (QED) is 0.459. The largest absolute Gasteiger partial charge is 0.416 e. The van der Waals surface area contributed by atoms with E-state index in [2.05, 4.69) is 63.5 Å². The van der Waals surface area contributed by atoms with Gasteiger partial charge in [-0.3, -0.25) is 0 Å². The zero-order valence-electron chi connectivity index (χ0n) is 16.1. The van der Waals surface area contributed by atoms with Crippen LogP contribution >= 0.6 is 15.9 Å². The van der Waals surface area contributed by atoms with Crippen LogP contribution in [0.25, 0.3) is 11.1 Å². The number of benzene rings is 2. The molecule has 2 aromatic rings. The monoisotopic (exact) mass is 426 g/mol. The molecule has 142 valence electrons. The first kappa shape index (κ1) is 21.0. The second kappa shape index (κ2) is 7.75. The molecule has 26 heavy (non-hydrogen) atoms. The summed E-state index contributed by atoms with van der Waals surface area (Å²) in [6.45, 7) is 12.8.